The summed E-state index contributed by atoms with van der Waals surface area (Å²) in [5.41, 5.74) is -0.0182. The molecule has 0 aromatic carbocycles. The second-order valence-electron chi connectivity index (χ2n) is 6.80. The summed E-state index contributed by atoms with van der Waals surface area (Å²) in [5.74, 6) is 0. The van der Waals surface area contributed by atoms with Gasteiger partial charge in [0.05, 0.1) is 6.54 Å². The lowest BCUT2D eigenvalue weighted by Crippen LogP contribution is -2.51. The predicted molar refractivity (Wildman–Crippen MR) is 92.3 cm³/mol. The van der Waals surface area contributed by atoms with E-state index in [1.807, 2.05) is 46.0 Å². The number of carbonyl (C=O) groups excluding carboxylic acids is 1. The molecule has 1 fully saturated rings. The van der Waals surface area contributed by atoms with Gasteiger partial charge in [0.15, 0.2) is 0 Å². The Labute approximate surface area is 146 Å². The minimum absolute atomic E-state index is 0.286. The van der Waals surface area contributed by atoms with Crippen LogP contribution in [-0.4, -0.2) is 41.3 Å². The van der Waals surface area contributed by atoms with Crippen molar-refractivity contribution < 1.29 is 14.3 Å². The number of amides is 1. The second kappa shape index (κ2) is 7.18. The molecule has 1 aromatic rings. The predicted octanol–water partition coefficient (Wildman–Crippen LogP) is 4.11. The lowest BCUT2D eigenvalue weighted by atomic mass is 9.86. The van der Waals surface area contributed by atoms with Gasteiger partial charge in [-0.15, -0.1) is 0 Å². The zero-order chi connectivity index (χ0) is 17.1. The molecule has 0 aliphatic carbocycles. The third-order valence-electron chi connectivity index (χ3n) is 3.78. The highest BCUT2D eigenvalue weighted by Gasteiger charge is 2.40. The van der Waals surface area contributed by atoms with E-state index < -0.39 is 11.2 Å². The first-order valence-corrected chi connectivity index (χ1v) is 8.79. The smallest absolute Gasteiger partial charge is 0.410 e. The van der Waals surface area contributed by atoms with Gasteiger partial charge in [0.25, 0.3) is 0 Å². The van der Waals surface area contributed by atoms with Crippen molar-refractivity contribution in [3.63, 3.8) is 0 Å². The zero-order valence-corrected chi connectivity index (χ0v) is 15.9. The van der Waals surface area contributed by atoms with Gasteiger partial charge in [-0.3, -0.25) is 0 Å². The van der Waals surface area contributed by atoms with Crippen LogP contribution in [0.4, 0.5) is 4.79 Å². The largest absolute Gasteiger partial charge is 0.444 e. The average molecular weight is 385 g/mol. The van der Waals surface area contributed by atoms with Gasteiger partial charge in [0, 0.05) is 24.9 Å². The minimum Gasteiger partial charge on any atom is -0.444 e. The molecule has 1 aliphatic heterocycles. The number of halogens is 1. The van der Waals surface area contributed by atoms with Gasteiger partial charge < -0.3 is 14.4 Å². The Kier molecular flexibility index (Phi) is 5.68. The van der Waals surface area contributed by atoms with Gasteiger partial charge in [-0.05, 0) is 62.5 Å². The summed E-state index contributed by atoms with van der Waals surface area (Å²) in [4.78, 5) is 18.5. The summed E-state index contributed by atoms with van der Waals surface area (Å²) in [6, 6.07) is 3.91. The van der Waals surface area contributed by atoms with Crippen molar-refractivity contribution in [1.82, 2.24) is 9.88 Å². The summed E-state index contributed by atoms with van der Waals surface area (Å²) >= 11 is 3.36. The first-order chi connectivity index (χ1) is 10.8. The van der Waals surface area contributed by atoms with Crippen LogP contribution in [0.15, 0.2) is 22.9 Å². The van der Waals surface area contributed by atoms with Crippen molar-refractivity contribution in [1.29, 1.82) is 0 Å². The first-order valence-electron chi connectivity index (χ1n) is 8.00. The van der Waals surface area contributed by atoms with Gasteiger partial charge in [0.2, 0.25) is 0 Å². The normalized spacial score (nSPS) is 22.0. The van der Waals surface area contributed by atoms with Gasteiger partial charge >= 0.3 is 6.09 Å². The molecule has 0 N–H and O–H groups in total. The lowest BCUT2D eigenvalue weighted by molar-refractivity contribution is -0.0925. The molecular formula is C17H25BrN2O3. The maximum absolute atomic E-state index is 12.4. The number of aromatic nitrogens is 1. The van der Waals surface area contributed by atoms with Gasteiger partial charge in [-0.1, -0.05) is 6.07 Å². The molecule has 0 bridgehead atoms. The van der Waals surface area contributed by atoms with Crippen molar-refractivity contribution >= 4 is 22.0 Å². The Morgan fingerprint density at radius 2 is 2.17 bits per heavy atom. The Hall–Kier alpha value is -1.14. The van der Waals surface area contributed by atoms with Gasteiger partial charge in [-0.2, -0.15) is 0 Å². The van der Waals surface area contributed by atoms with Crippen LogP contribution in [0.2, 0.25) is 0 Å². The molecule has 5 nitrogen and oxygen atoms in total. The van der Waals surface area contributed by atoms with Crippen LogP contribution in [0, 0.1) is 0 Å². The number of rotatable bonds is 3. The summed E-state index contributed by atoms with van der Waals surface area (Å²) in [6.07, 6.45) is 3.27. The van der Waals surface area contributed by atoms with Gasteiger partial charge in [0.1, 0.15) is 15.8 Å². The van der Waals surface area contributed by atoms with E-state index in [1.54, 1.807) is 4.90 Å². The summed E-state index contributed by atoms with van der Waals surface area (Å²) in [5, 5.41) is 0. The van der Waals surface area contributed by atoms with Crippen LogP contribution in [0.3, 0.4) is 0 Å². The summed E-state index contributed by atoms with van der Waals surface area (Å²) in [6.45, 7) is 9.36. The lowest BCUT2D eigenvalue weighted by Gasteiger charge is -2.42. The second-order valence-corrected chi connectivity index (χ2v) is 7.61. The number of pyridine rings is 1. The molecule has 128 valence electrons. The first kappa shape index (κ1) is 18.2. The van der Waals surface area contributed by atoms with E-state index in [0.717, 1.165) is 23.0 Å². The van der Waals surface area contributed by atoms with Crippen LogP contribution in [0.5, 0.6) is 0 Å². The molecule has 0 spiro atoms. The molecule has 0 saturated carbocycles. The Balaban J connectivity index is 2.22. The maximum atomic E-state index is 12.4. The zero-order valence-electron chi connectivity index (χ0n) is 14.3. The molecule has 1 amide bonds. The number of hydrogen-bond acceptors (Lipinski definition) is 4. The van der Waals surface area contributed by atoms with E-state index in [1.165, 1.54) is 0 Å². The van der Waals surface area contributed by atoms with Crippen LogP contribution < -0.4 is 0 Å². The molecule has 2 heterocycles. The Bertz CT molecular complexity index is 538. The highest BCUT2D eigenvalue weighted by molar-refractivity contribution is 9.10. The van der Waals surface area contributed by atoms with E-state index in [-0.39, 0.29) is 6.09 Å². The fourth-order valence-electron chi connectivity index (χ4n) is 2.86. The van der Waals surface area contributed by atoms with Crippen LogP contribution in [0.1, 0.15) is 46.1 Å². The molecular weight excluding hydrogens is 360 g/mol. The van der Waals surface area contributed by atoms with Crippen LogP contribution >= 0.6 is 15.9 Å². The number of hydrogen-bond donors (Lipinski definition) is 0. The highest BCUT2D eigenvalue weighted by Crippen LogP contribution is 2.36. The fraction of sp³-hybridized carbons (Fsp3) is 0.647. The molecule has 2 rings (SSSR count). The quantitative estimate of drug-likeness (QED) is 0.735. The molecule has 1 aliphatic rings. The van der Waals surface area contributed by atoms with Crippen LogP contribution in [-0.2, 0) is 15.1 Å². The molecule has 6 heteroatoms. The topological polar surface area (TPSA) is 51.7 Å². The molecule has 0 unspecified atom stereocenters. The van der Waals surface area contributed by atoms with E-state index in [9.17, 15) is 4.79 Å². The number of carbonyl (C=O) groups is 1. The van der Waals surface area contributed by atoms with E-state index in [0.29, 0.717) is 19.7 Å². The summed E-state index contributed by atoms with van der Waals surface area (Å²) < 4.78 is 12.4. The number of nitrogens with zero attached hydrogens (tertiary/aromatic N) is 2. The Morgan fingerprint density at radius 3 is 2.74 bits per heavy atom. The minimum atomic E-state index is -0.516. The van der Waals surface area contributed by atoms with Gasteiger partial charge in [-0.25, -0.2) is 9.78 Å². The average Bonchev–Trinajstić information content (AvgIpc) is 2.46. The van der Waals surface area contributed by atoms with E-state index >= 15 is 0 Å². The third kappa shape index (κ3) is 4.67. The molecule has 1 atom stereocenters. The number of likely N-dealkylation sites (tertiary alicyclic amines) is 1. The molecule has 0 radical (unpaired) electrons. The molecule has 1 saturated heterocycles. The molecule has 1 aromatic heterocycles. The van der Waals surface area contributed by atoms with Crippen LogP contribution in [0.25, 0.3) is 0 Å². The number of ether oxygens (including phenoxy) is 2. The SMILES string of the molecule is CCO[C@@]1(c2ccc(Br)nc2)CCCN(C(=O)OC(C)(C)C)C1. The highest BCUT2D eigenvalue weighted by atomic mass is 79.9. The van der Waals surface area contributed by atoms with Crippen molar-refractivity contribution in [3.05, 3.63) is 28.5 Å². The monoisotopic (exact) mass is 384 g/mol. The number of piperidine rings is 1. The Morgan fingerprint density at radius 1 is 1.43 bits per heavy atom. The van der Waals surface area contributed by atoms with E-state index in [2.05, 4.69) is 20.9 Å². The third-order valence-corrected chi connectivity index (χ3v) is 4.25. The molecule has 23 heavy (non-hydrogen) atoms. The van der Waals surface area contributed by atoms with Crippen molar-refractivity contribution in [2.24, 2.45) is 0 Å². The van der Waals surface area contributed by atoms with Crippen molar-refractivity contribution in [2.75, 3.05) is 19.7 Å². The van der Waals surface area contributed by atoms with E-state index in [4.69, 9.17) is 9.47 Å². The fourth-order valence-corrected chi connectivity index (χ4v) is 3.10. The van der Waals surface area contributed by atoms with Crippen molar-refractivity contribution in [3.8, 4) is 0 Å². The maximum Gasteiger partial charge on any atom is 0.410 e. The van der Waals surface area contributed by atoms with Crippen molar-refractivity contribution in [2.45, 2.75) is 51.7 Å². The summed E-state index contributed by atoms with van der Waals surface area (Å²) in [7, 11) is 0. The standard InChI is InChI=1S/C17H25BrN2O3/c1-5-22-17(13-7-8-14(18)19-11-13)9-6-10-20(12-17)15(21)23-16(2,3)4/h7-8,11H,5-6,9-10,12H2,1-4H3/t17-/m0/s1.